The van der Waals surface area contributed by atoms with E-state index >= 15 is 0 Å². The largest absolute Gasteiger partial charge is 0.452 e. The Kier molecular flexibility index (Phi) is 3.79. The molecule has 0 radical (unpaired) electrons. The minimum Gasteiger partial charge on any atom is -0.452 e. The molecule has 0 saturated heterocycles. The molecule has 0 atom stereocenters. The Morgan fingerprint density at radius 3 is 2.59 bits per heavy atom. The van der Waals surface area contributed by atoms with Crippen LogP contribution in [-0.2, 0) is 14.9 Å². The number of methoxy groups -OCH3 is 1. The number of aryl methyl sites for hydroxylation is 1. The van der Waals surface area contributed by atoms with Crippen LogP contribution in [0.2, 0.25) is 0 Å². The van der Waals surface area contributed by atoms with Crippen LogP contribution in [0.1, 0.15) is 5.56 Å². The van der Waals surface area contributed by atoms with Gasteiger partial charge in [-0.1, -0.05) is 6.07 Å². The predicted molar refractivity (Wildman–Crippen MR) is 63.7 cm³/mol. The Hall–Kier alpha value is -1.96. The van der Waals surface area contributed by atoms with Gasteiger partial charge in [-0.3, -0.25) is 4.72 Å². The van der Waals surface area contributed by atoms with Crippen molar-refractivity contribution in [1.29, 1.82) is 0 Å². The summed E-state index contributed by atoms with van der Waals surface area (Å²) in [4.78, 5) is 10.8. The van der Waals surface area contributed by atoms with E-state index in [0.29, 0.717) is 0 Å². The number of hydrogen-bond acceptors (Lipinski definition) is 5. The molecule has 94 valence electrons. The highest BCUT2D eigenvalue weighted by Gasteiger charge is 2.15. The Morgan fingerprint density at radius 1 is 1.41 bits per heavy atom. The SMILES string of the molecule is COC(=O)NS(=O)(=O)Nc1ccc(C)cc1N. The van der Waals surface area contributed by atoms with E-state index in [4.69, 9.17) is 5.73 Å². The molecule has 0 heterocycles. The fourth-order valence-electron chi connectivity index (χ4n) is 1.10. The van der Waals surface area contributed by atoms with Crippen molar-refractivity contribution in [3.63, 3.8) is 0 Å². The summed E-state index contributed by atoms with van der Waals surface area (Å²) in [7, 11) is -2.98. The number of rotatable bonds is 3. The molecule has 7 nitrogen and oxygen atoms in total. The summed E-state index contributed by atoms with van der Waals surface area (Å²) in [5.74, 6) is 0. The maximum atomic E-state index is 11.4. The van der Waals surface area contributed by atoms with E-state index < -0.39 is 16.3 Å². The number of carbonyl (C=O) groups is 1. The molecule has 0 unspecified atom stereocenters. The lowest BCUT2D eigenvalue weighted by Gasteiger charge is -2.10. The van der Waals surface area contributed by atoms with Gasteiger partial charge in [0.05, 0.1) is 18.5 Å². The van der Waals surface area contributed by atoms with Crippen molar-refractivity contribution in [2.75, 3.05) is 17.6 Å². The van der Waals surface area contributed by atoms with Crippen molar-refractivity contribution in [3.8, 4) is 0 Å². The van der Waals surface area contributed by atoms with Crippen LogP contribution in [-0.4, -0.2) is 21.6 Å². The lowest BCUT2D eigenvalue weighted by atomic mass is 10.2. The number of nitrogen functional groups attached to an aromatic ring is 1. The average molecular weight is 259 g/mol. The highest BCUT2D eigenvalue weighted by Crippen LogP contribution is 2.20. The number of nitrogens with one attached hydrogen (secondary N) is 2. The van der Waals surface area contributed by atoms with Gasteiger partial charge >= 0.3 is 16.3 Å². The normalized spacial score (nSPS) is 10.7. The number of hydrogen-bond donors (Lipinski definition) is 3. The number of amides is 1. The molecule has 0 fully saturated rings. The predicted octanol–water partition coefficient (Wildman–Crippen LogP) is 0.590. The smallest absolute Gasteiger partial charge is 0.422 e. The van der Waals surface area contributed by atoms with Crippen LogP contribution < -0.4 is 15.2 Å². The van der Waals surface area contributed by atoms with E-state index in [0.717, 1.165) is 12.7 Å². The molecule has 0 aliphatic rings. The number of nitrogens with two attached hydrogens (primary N) is 1. The third-order valence-corrected chi connectivity index (χ3v) is 2.78. The maximum Gasteiger partial charge on any atom is 0.422 e. The zero-order valence-corrected chi connectivity index (χ0v) is 10.2. The summed E-state index contributed by atoms with van der Waals surface area (Å²) in [6.07, 6.45) is -1.08. The van der Waals surface area contributed by atoms with Crippen LogP contribution in [0.3, 0.4) is 0 Å². The molecule has 0 aliphatic heterocycles. The summed E-state index contributed by atoms with van der Waals surface area (Å²) in [5, 5.41) is 0. The van der Waals surface area contributed by atoms with E-state index in [1.807, 2.05) is 6.92 Å². The van der Waals surface area contributed by atoms with Crippen molar-refractivity contribution < 1.29 is 17.9 Å². The molecule has 1 aromatic rings. The van der Waals surface area contributed by atoms with Gasteiger partial charge in [0.15, 0.2) is 0 Å². The summed E-state index contributed by atoms with van der Waals surface area (Å²) in [6.45, 7) is 1.82. The first kappa shape index (κ1) is 13.1. The van der Waals surface area contributed by atoms with Gasteiger partial charge in [0.25, 0.3) is 0 Å². The summed E-state index contributed by atoms with van der Waals surface area (Å²) in [5.41, 5.74) is 6.97. The quantitative estimate of drug-likeness (QED) is 0.688. The van der Waals surface area contributed by atoms with Crippen molar-refractivity contribution in [3.05, 3.63) is 23.8 Å². The van der Waals surface area contributed by atoms with Gasteiger partial charge in [-0.15, -0.1) is 0 Å². The van der Waals surface area contributed by atoms with Gasteiger partial charge in [0.2, 0.25) is 0 Å². The molecule has 0 aromatic heterocycles. The first-order chi connectivity index (χ1) is 7.84. The summed E-state index contributed by atoms with van der Waals surface area (Å²) >= 11 is 0. The molecular formula is C9H13N3O4S. The minimum atomic E-state index is -4.04. The molecule has 1 amide bonds. The molecule has 0 saturated carbocycles. The van der Waals surface area contributed by atoms with Crippen molar-refractivity contribution in [1.82, 2.24) is 4.72 Å². The molecule has 8 heteroatoms. The molecule has 0 bridgehead atoms. The van der Waals surface area contributed by atoms with Gasteiger partial charge < -0.3 is 10.5 Å². The Bertz CT molecular complexity index is 527. The second kappa shape index (κ2) is 4.91. The van der Waals surface area contributed by atoms with Crippen LogP contribution in [0.5, 0.6) is 0 Å². The lowest BCUT2D eigenvalue weighted by Crippen LogP contribution is -2.35. The first-order valence-corrected chi connectivity index (χ1v) is 6.07. The van der Waals surface area contributed by atoms with Gasteiger partial charge in [-0.05, 0) is 24.6 Å². The molecule has 4 N–H and O–H groups in total. The second-order valence-corrected chi connectivity index (χ2v) is 4.70. The number of anilines is 2. The maximum absolute atomic E-state index is 11.4. The highest BCUT2D eigenvalue weighted by molar-refractivity contribution is 7.91. The zero-order chi connectivity index (χ0) is 13.1. The Balaban J connectivity index is 2.87. The van der Waals surface area contributed by atoms with E-state index in [-0.39, 0.29) is 11.4 Å². The van der Waals surface area contributed by atoms with Crippen molar-refractivity contribution >= 4 is 27.7 Å². The van der Waals surface area contributed by atoms with E-state index in [9.17, 15) is 13.2 Å². The van der Waals surface area contributed by atoms with E-state index in [2.05, 4.69) is 9.46 Å². The van der Waals surface area contributed by atoms with Crippen LogP contribution in [0.15, 0.2) is 18.2 Å². The van der Waals surface area contributed by atoms with Crippen molar-refractivity contribution in [2.24, 2.45) is 0 Å². The molecule has 1 rings (SSSR count). The Labute approximate surface area is 99.1 Å². The average Bonchev–Trinajstić information content (AvgIpc) is 2.21. The molecule has 17 heavy (non-hydrogen) atoms. The molecule has 1 aromatic carbocycles. The monoisotopic (exact) mass is 259 g/mol. The zero-order valence-electron chi connectivity index (χ0n) is 9.35. The number of carbonyl (C=O) groups excluding carboxylic acids is 1. The van der Waals surface area contributed by atoms with Crippen LogP contribution in [0.25, 0.3) is 0 Å². The number of benzene rings is 1. The molecular weight excluding hydrogens is 246 g/mol. The lowest BCUT2D eigenvalue weighted by molar-refractivity contribution is 0.177. The Morgan fingerprint density at radius 2 is 2.06 bits per heavy atom. The van der Waals surface area contributed by atoms with Crippen LogP contribution in [0, 0.1) is 6.92 Å². The summed E-state index contributed by atoms with van der Waals surface area (Å²) in [6, 6.07) is 4.80. The fourth-order valence-corrected chi connectivity index (χ4v) is 1.93. The standard InChI is InChI=1S/C9H13N3O4S/c1-6-3-4-8(7(10)5-6)11-17(14,15)12-9(13)16-2/h3-5,11H,10H2,1-2H3,(H,12,13). The van der Waals surface area contributed by atoms with Gasteiger partial charge in [0, 0.05) is 0 Å². The summed E-state index contributed by atoms with van der Waals surface area (Å²) < 4.78 is 30.8. The van der Waals surface area contributed by atoms with Gasteiger partial charge in [-0.2, -0.15) is 8.42 Å². The first-order valence-electron chi connectivity index (χ1n) is 4.58. The van der Waals surface area contributed by atoms with Gasteiger partial charge in [-0.25, -0.2) is 9.52 Å². The third kappa shape index (κ3) is 3.83. The minimum absolute atomic E-state index is 0.187. The van der Waals surface area contributed by atoms with E-state index in [1.165, 1.54) is 6.07 Å². The van der Waals surface area contributed by atoms with Crippen LogP contribution in [0.4, 0.5) is 16.2 Å². The van der Waals surface area contributed by atoms with Gasteiger partial charge in [0.1, 0.15) is 0 Å². The third-order valence-electron chi connectivity index (χ3n) is 1.85. The van der Waals surface area contributed by atoms with Crippen LogP contribution >= 0.6 is 0 Å². The highest BCUT2D eigenvalue weighted by atomic mass is 32.2. The fraction of sp³-hybridized carbons (Fsp3) is 0.222. The number of ether oxygens (including phenoxy) is 1. The molecule has 0 aliphatic carbocycles. The molecule has 0 spiro atoms. The van der Waals surface area contributed by atoms with Crippen molar-refractivity contribution in [2.45, 2.75) is 6.92 Å². The topological polar surface area (TPSA) is 111 Å². The second-order valence-electron chi connectivity index (χ2n) is 3.29. The van der Waals surface area contributed by atoms with E-state index in [1.54, 1.807) is 16.9 Å².